The monoisotopic (exact) mass is 340 g/mol. The molecule has 0 saturated heterocycles. The van der Waals surface area contributed by atoms with Crippen LogP contribution < -0.4 is 11.5 Å². The van der Waals surface area contributed by atoms with Crippen LogP contribution in [-0.4, -0.2) is 8.25 Å². The van der Waals surface area contributed by atoms with Crippen LogP contribution in [0.15, 0.2) is 0 Å². The number of rotatable bonds is 6. The zero-order valence-corrected chi connectivity index (χ0v) is 10.5. The Morgan fingerprint density at radius 1 is 1.17 bits per heavy atom. The van der Waals surface area contributed by atoms with Gasteiger partial charge in [0.15, 0.2) is 0 Å². The van der Waals surface area contributed by atoms with Gasteiger partial charge in [-0.3, -0.25) is 0 Å². The van der Waals surface area contributed by atoms with E-state index in [4.69, 9.17) is 11.5 Å². The first kappa shape index (κ1) is 11.7. The molecule has 0 heterocycles. The fourth-order valence-corrected chi connectivity index (χ4v) is 5.15. The third-order valence-electron chi connectivity index (χ3n) is 1.52. The molecule has 4 N–H and O–H groups in total. The van der Waals surface area contributed by atoms with Crippen LogP contribution in [-0.2, 0) is 18.4 Å². The summed E-state index contributed by atoms with van der Waals surface area (Å²) in [6, 6.07) is 0. The Labute approximate surface area is 78.8 Å². The third kappa shape index (κ3) is 4.54. The van der Waals surface area contributed by atoms with Gasteiger partial charge in [0, 0.05) is 0 Å². The summed E-state index contributed by atoms with van der Waals surface area (Å²) in [6.45, 7) is 2.07. The molecule has 4 nitrogen and oxygen atoms in total. The standard InChI is InChI=1S/C5H11.2CH2NO.Ta/c1-3-5-4-2;2*2-1-3;/h1,3-5H2,2H3;2*(H2,2,3);. The molecule has 0 aliphatic heterocycles. The topological polar surface area (TPSA) is 86.2 Å². The van der Waals surface area contributed by atoms with E-state index in [9.17, 15) is 9.59 Å². The van der Waals surface area contributed by atoms with E-state index in [0.29, 0.717) is 4.64 Å². The molecule has 0 aromatic rings. The maximum absolute atomic E-state index is 10.7. The molecular weight excluding hydrogens is 325 g/mol. The predicted octanol–water partition coefficient (Wildman–Crippen LogP) is 1.37. The minimum atomic E-state index is -2.77. The van der Waals surface area contributed by atoms with E-state index in [2.05, 4.69) is 6.92 Å². The molecule has 0 spiro atoms. The van der Waals surface area contributed by atoms with Crippen molar-refractivity contribution in [3.8, 4) is 0 Å². The number of carbonyl (C=O) groups excluding carboxylic acids is 2. The summed E-state index contributed by atoms with van der Waals surface area (Å²) in [5, 5.41) is 0. The number of unbranched alkanes of at least 4 members (excludes halogenated alkanes) is 2. The van der Waals surface area contributed by atoms with E-state index >= 15 is 0 Å². The van der Waals surface area contributed by atoms with Crippen molar-refractivity contribution < 1.29 is 28.0 Å². The Morgan fingerprint density at radius 3 is 2.00 bits per heavy atom. The molecule has 70 valence electrons. The van der Waals surface area contributed by atoms with Crippen molar-refractivity contribution in [3.63, 3.8) is 0 Å². The van der Waals surface area contributed by atoms with Crippen LogP contribution in [0.1, 0.15) is 26.2 Å². The van der Waals surface area contributed by atoms with E-state index in [1.807, 2.05) is 0 Å². The van der Waals surface area contributed by atoms with Gasteiger partial charge < -0.3 is 0 Å². The fourth-order valence-electron chi connectivity index (χ4n) is 0.849. The van der Waals surface area contributed by atoms with E-state index in [0.717, 1.165) is 19.3 Å². The Balaban J connectivity index is 3.80. The van der Waals surface area contributed by atoms with Crippen LogP contribution in [0.4, 0.5) is 9.59 Å². The van der Waals surface area contributed by atoms with Crippen molar-refractivity contribution in [3.05, 3.63) is 0 Å². The predicted molar refractivity (Wildman–Crippen MR) is 43.5 cm³/mol. The average Bonchev–Trinajstić information content (AvgIpc) is 1.96. The van der Waals surface area contributed by atoms with Gasteiger partial charge in [0.05, 0.1) is 0 Å². The Kier molecular flexibility index (Phi) is 6.06. The summed E-state index contributed by atoms with van der Waals surface area (Å²) in [7, 11) is 0. The molecule has 0 rings (SSSR count). The van der Waals surface area contributed by atoms with Crippen molar-refractivity contribution in [1.82, 2.24) is 0 Å². The van der Waals surface area contributed by atoms with Crippen LogP contribution in [0.5, 0.6) is 0 Å². The summed E-state index contributed by atoms with van der Waals surface area (Å²) in [5.74, 6) is 0. The summed E-state index contributed by atoms with van der Waals surface area (Å²) in [4.78, 5) is 21.5. The summed E-state index contributed by atoms with van der Waals surface area (Å²) in [6.07, 6.45) is 3.04. The zero-order valence-electron chi connectivity index (χ0n) is 7.25. The number of carbonyl (C=O) groups is 2. The zero-order chi connectivity index (χ0) is 9.56. The molecule has 12 heavy (non-hydrogen) atoms. The summed E-state index contributed by atoms with van der Waals surface area (Å²) < 4.78 is -0.129. The minimum absolute atomic E-state index is 0.409. The molecule has 2 amide bonds. The van der Waals surface area contributed by atoms with Gasteiger partial charge in [-0.05, 0) is 0 Å². The quantitative estimate of drug-likeness (QED) is 0.716. The Bertz CT molecular complexity index is 159. The van der Waals surface area contributed by atoms with Gasteiger partial charge >= 0.3 is 78.6 Å². The summed E-state index contributed by atoms with van der Waals surface area (Å²) in [5.41, 5.74) is 10.1. The van der Waals surface area contributed by atoms with Crippen LogP contribution in [0.2, 0.25) is 4.64 Å². The van der Waals surface area contributed by atoms with Crippen molar-refractivity contribution in [2.75, 3.05) is 0 Å². The molecule has 0 aliphatic carbocycles. The number of amides is 2. The van der Waals surface area contributed by atoms with Gasteiger partial charge in [-0.25, -0.2) is 0 Å². The van der Waals surface area contributed by atoms with E-state index in [-0.39, 0.29) is 0 Å². The molecular formula is C7H15N2O2Ta. The molecule has 0 aromatic heterocycles. The molecule has 0 aliphatic rings. The van der Waals surface area contributed by atoms with Gasteiger partial charge in [0.2, 0.25) is 0 Å². The van der Waals surface area contributed by atoms with Crippen molar-refractivity contribution in [2.24, 2.45) is 11.5 Å². The molecule has 0 fully saturated rings. The SMILES string of the molecule is CCCC[CH2][Ta]([C](N)=O)[C](N)=O. The van der Waals surface area contributed by atoms with Crippen LogP contribution in [0.25, 0.3) is 0 Å². The van der Waals surface area contributed by atoms with Crippen molar-refractivity contribution >= 4 is 8.25 Å². The first-order chi connectivity index (χ1) is 5.59. The molecule has 0 unspecified atom stereocenters. The van der Waals surface area contributed by atoms with Gasteiger partial charge in [0.1, 0.15) is 0 Å². The average molecular weight is 340 g/mol. The number of hydrogen-bond donors (Lipinski definition) is 2. The van der Waals surface area contributed by atoms with Crippen molar-refractivity contribution in [2.45, 2.75) is 30.8 Å². The normalized spacial score (nSPS) is 10.2. The van der Waals surface area contributed by atoms with Crippen LogP contribution in [0.3, 0.4) is 0 Å². The first-order valence-electron chi connectivity index (χ1n) is 3.96. The molecule has 0 atom stereocenters. The maximum atomic E-state index is 10.7. The second-order valence-corrected chi connectivity index (χ2v) is 10.4. The van der Waals surface area contributed by atoms with E-state index in [1.54, 1.807) is 0 Å². The third-order valence-corrected chi connectivity index (χ3v) is 8.08. The Morgan fingerprint density at radius 2 is 1.67 bits per heavy atom. The molecule has 0 saturated carbocycles. The van der Waals surface area contributed by atoms with Crippen LogP contribution in [0, 0.1) is 0 Å². The second-order valence-electron chi connectivity index (χ2n) is 2.54. The van der Waals surface area contributed by atoms with Gasteiger partial charge in [-0.1, -0.05) is 0 Å². The van der Waals surface area contributed by atoms with E-state index < -0.39 is 26.7 Å². The molecule has 0 aromatic carbocycles. The van der Waals surface area contributed by atoms with E-state index in [1.165, 1.54) is 0 Å². The molecule has 5 heteroatoms. The molecule has 0 radical (unpaired) electrons. The van der Waals surface area contributed by atoms with Crippen LogP contribution >= 0.6 is 0 Å². The van der Waals surface area contributed by atoms with Gasteiger partial charge in [0.25, 0.3) is 0 Å². The second kappa shape index (κ2) is 6.22. The number of hydrogen-bond acceptors (Lipinski definition) is 2. The van der Waals surface area contributed by atoms with Gasteiger partial charge in [-0.15, -0.1) is 0 Å². The first-order valence-corrected chi connectivity index (χ1v) is 9.44. The Hall–Kier alpha value is -0.320. The number of primary amides is 2. The summed E-state index contributed by atoms with van der Waals surface area (Å²) >= 11 is -2.77. The fraction of sp³-hybridized carbons (Fsp3) is 0.714. The molecule has 0 bridgehead atoms. The van der Waals surface area contributed by atoms with Gasteiger partial charge in [-0.2, -0.15) is 0 Å². The van der Waals surface area contributed by atoms with Crippen molar-refractivity contribution in [1.29, 1.82) is 0 Å². The number of nitrogens with two attached hydrogens (primary N) is 2.